The molecule has 0 unspecified atom stereocenters. The smallest absolute Gasteiger partial charge is 0.0953 e. The van der Waals surface area contributed by atoms with Crippen molar-refractivity contribution >= 4 is 9.52 Å². The van der Waals surface area contributed by atoms with Crippen molar-refractivity contribution in [2.75, 3.05) is 0 Å². The minimum atomic E-state index is -0.424. The van der Waals surface area contributed by atoms with Crippen LogP contribution in [0.3, 0.4) is 0 Å². The SMILES string of the molecule is CCC[SiH2]C(c1ccccc1)(c1ccccc1)n1ccnc1. The second-order valence-corrected chi connectivity index (χ2v) is 7.90. The van der Waals surface area contributed by atoms with E-state index in [1.54, 1.807) is 0 Å². The van der Waals surface area contributed by atoms with Crippen molar-refractivity contribution in [3.8, 4) is 0 Å². The van der Waals surface area contributed by atoms with Crippen molar-refractivity contribution in [3.05, 3.63) is 90.5 Å². The minimum absolute atomic E-state index is 0.0466. The molecule has 1 heterocycles. The number of benzene rings is 2. The summed E-state index contributed by atoms with van der Waals surface area (Å²) in [6.45, 7) is 2.28. The van der Waals surface area contributed by atoms with Gasteiger partial charge in [-0.3, -0.25) is 0 Å². The first-order valence-corrected chi connectivity index (χ1v) is 9.68. The molecule has 22 heavy (non-hydrogen) atoms. The molecule has 0 fully saturated rings. The van der Waals surface area contributed by atoms with Gasteiger partial charge >= 0.3 is 0 Å². The molecule has 0 N–H and O–H groups in total. The lowest BCUT2D eigenvalue weighted by Gasteiger charge is -2.36. The molecule has 0 bridgehead atoms. The molecule has 0 saturated heterocycles. The average molecular weight is 306 g/mol. The lowest BCUT2D eigenvalue weighted by molar-refractivity contribution is 0.590. The maximum absolute atomic E-state index is 4.33. The van der Waals surface area contributed by atoms with Gasteiger partial charge in [0.25, 0.3) is 0 Å². The number of hydrogen-bond acceptors (Lipinski definition) is 1. The van der Waals surface area contributed by atoms with Crippen LogP contribution in [0, 0.1) is 0 Å². The van der Waals surface area contributed by atoms with Crippen molar-refractivity contribution < 1.29 is 0 Å². The van der Waals surface area contributed by atoms with Gasteiger partial charge in [-0.25, -0.2) is 4.98 Å². The third kappa shape index (κ3) is 2.64. The highest BCUT2D eigenvalue weighted by atomic mass is 28.2. The summed E-state index contributed by atoms with van der Waals surface area (Å²) in [6, 6.07) is 23.1. The molecule has 0 aliphatic rings. The van der Waals surface area contributed by atoms with Crippen LogP contribution < -0.4 is 0 Å². The summed E-state index contributed by atoms with van der Waals surface area (Å²) >= 11 is 0. The monoisotopic (exact) mass is 306 g/mol. The first-order valence-electron chi connectivity index (χ1n) is 7.97. The van der Waals surface area contributed by atoms with Crippen LogP contribution in [0.25, 0.3) is 0 Å². The van der Waals surface area contributed by atoms with Crippen LogP contribution in [0.2, 0.25) is 6.04 Å². The molecule has 2 nitrogen and oxygen atoms in total. The Kier molecular flexibility index (Phi) is 4.54. The summed E-state index contributed by atoms with van der Waals surface area (Å²) in [5.74, 6) is 0. The summed E-state index contributed by atoms with van der Waals surface area (Å²) in [4.78, 5) is 4.33. The van der Waals surface area contributed by atoms with Gasteiger partial charge in [0, 0.05) is 12.4 Å². The zero-order valence-corrected chi connectivity index (χ0v) is 14.4. The van der Waals surface area contributed by atoms with Crippen molar-refractivity contribution in [1.29, 1.82) is 0 Å². The van der Waals surface area contributed by atoms with Gasteiger partial charge in [-0.05, 0) is 11.1 Å². The number of hydrogen-bond donors (Lipinski definition) is 0. The van der Waals surface area contributed by atoms with Gasteiger partial charge in [0.1, 0.15) is 0 Å². The summed E-state index contributed by atoms with van der Waals surface area (Å²) in [5.41, 5.74) is 2.75. The van der Waals surface area contributed by atoms with Gasteiger partial charge in [-0.2, -0.15) is 0 Å². The van der Waals surface area contributed by atoms with Crippen LogP contribution in [0.15, 0.2) is 79.4 Å². The largest absolute Gasteiger partial charge is 0.327 e. The zero-order chi connectivity index (χ0) is 15.3. The van der Waals surface area contributed by atoms with Gasteiger partial charge in [-0.15, -0.1) is 0 Å². The first kappa shape index (κ1) is 14.8. The molecule has 3 aromatic rings. The molecule has 0 aliphatic heterocycles. The summed E-state index contributed by atoms with van der Waals surface area (Å²) in [7, 11) is -0.424. The van der Waals surface area contributed by atoms with E-state index in [0.717, 1.165) is 0 Å². The normalized spacial score (nSPS) is 12.0. The van der Waals surface area contributed by atoms with E-state index in [9.17, 15) is 0 Å². The van der Waals surface area contributed by atoms with E-state index in [1.807, 2.05) is 12.5 Å². The highest BCUT2D eigenvalue weighted by Crippen LogP contribution is 2.34. The molecule has 0 spiro atoms. The van der Waals surface area contributed by atoms with E-state index in [0.29, 0.717) is 0 Å². The average Bonchev–Trinajstić information content (AvgIpc) is 3.13. The second-order valence-electron chi connectivity index (χ2n) is 5.67. The molecule has 0 aliphatic carbocycles. The molecule has 3 rings (SSSR count). The molecule has 0 radical (unpaired) electrons. The predicted molar refractivity (Wildman–Crippen MR) is 94.9 cm³/mol. The molecule has 0 saturated carbocycles. The molecule has 0 amide bonds. The van der Waals surface area contributed by atoms with Gasteiger partial charge in [0.05, 0.1) is 21.0 Å². The first-order chi connectivity index (χ1) is 10.9. The maximum Gasteiger partial charge on any atom is 0.0953 e. The highest BCUT2D eigenvalue weighted by molar-refractivity contribution is 6.41. The van der Waals surface area contributed by atoms with E-state index in [2.05, 4.69) is 83.3 Å². The zero-order valence-electron chi connectivity index (χ0n) is 13.0. The summed E-state index contributed by atoms with van der Waals surface area (Å²) in [6.07, 6.45) is 7.22. The Hall–Kier alpha value is -2.13. The van der Waals surface area contributed by atoms with Crippen molar-refractivity contribution in [1.82, 2.24) is 9.55 Å². The molecule has 3 heteroatoms. The Labute approximate surface area is 134 Å². The number of rotatable bonds is 6. The Morgan fingerprint density at radius 1 is 0.955 bits per heavy atom. The molecular formula is C19H22N2Si. The molecule has 112 valence electrons. The van der Waals surface area contributed by atoms with Gasteiger partial charge in [0.15, 0.2) is 0 Å². The predicted octanol–water partition coefficient (Wildman–Crippen LogP) is 3.63. The Morgan fingerprint density at radius 3 is 2.00 bits per heavy atom. The highest BCUT2D eigenvalue weighted by Gasteiger charge is 2.35. The maximum atomic E-state index is 4.33. The van der Waals surface area contributed by atoms with E-state index >= 15 is 0 Å². The van der Waals surface area contributed by atoms with Gasteiger partial charge < -0.3 is 4.57 Å². The Bertz CT molecular complexity index is 638. The van der Waals surface area contributed by atoms with Crippen molar-refractivity contribution in [3.63, 3.8) is 0 Å². The minimum Gasteiger partial charge on any atom is -0.327 e. The van der Waals surface area contributed by atoms with Crippen LogP contribution in [-0.2, 0) is 5.16 Å². The summed E-state index contributed by atoms with van der Waals surface area (Å²) < 4.78 is 2.32. The number of nitrogens with zero attached hydrogens (tertiary/aromatic N) is 2. The van der Waals surface area contributed by atoms with Crippen LogP contribution in [0.4, 0.5) is 0 Å². The topological polar surface area (TPSA) is 17.8 Å². The Morgan fingerprint density at radius 2 is 1.55 bits per heavy atom. The fourth-order valence-corrected chi connectivity index (χ4v) is 5.59. The standard InChI is InChI=1S/C19H22N2Si/c1-2-15-22-19(21-14-13-20-16-21,17-9-5-3-6-10-17)18-11-7-4-8-12-18/h3-14,16H,2,15,22H2,1H3. The number of imidazole rings is 1. The van der Waals surface area contributed by atoms with Crippen LogP contribution in [0.5, 0.6) is 0 Å². The fraction of sp³-hybridized carbons (Fsp3) is 0.211. The van der Waals surface area contributed by atoms with E-state index < -0.39 is 9.52 Å². The summed E-state index contributed by atoms with van der Waals surface area (Å²) in [5, 5.41) is -0.0466. The van der Waals surface area contributed by atoms with E-state index in [-0.39, 0.29) is 5.16 Å². The van der Waals surface area contributed by atoms with E-state index in [1.165, 1.54) is 23.6 Å². The Balaban J connectivity index is 2.23. The van der Waals surface area contributed by atoms with Gasteiger partial charge in [0.2, 0.25) is 0 Å². The molecule has 1 aromatic heterocycles. The fourth-order valence-electron chi connectivity index (χ4n) is 3.23. The van der Waals surface area contributed by atoms with Crippen LogP contribution in [0.1, 0.15) is 24.5 Å². The lowest BCUT2D eigenvalue weighted by Crippen LogP contribution is -2.41. The number of aromatic nitrogens is 2. The van der Waals surface area contributed by atoms with Gasteiger partial charge in [-0.1, -0.05) is 80.1 Å². The molecule has 2 aromatic carbocycles. The van der Waals surface area contributed by atoms with Crippen molar-refractivity contribution in [2.45, 2.75) is 24.6 Å². The second kappa shape index (κ2) is 6.75. The lowest BCUT2D eigenvalue weighted by atomic mass is 9.97. The van der Waals surface area contributed by atoms with Crippen LogP contribution >= 0.6 is 0 Å². The molecular weight excluding hydrogens is 284 g/mol. The van der Waals surface area contributed by atoms with Crippen molar-refractivity contribution in [2.24, 2.45) is 0 Å². The van der Waals surface area contributed by atoms with E-state index in [4.69, 9.17) is 0 Å². The third-order valence-corrected chi connectivity index (χ3v) is 7.31. The van der Waals surface area contributed by atoms with Crippen LogP contribution in [-0.4, -0.2) is 19.1 Å². The quantitative estimate of drug-likeness (QED) is 0.636. The molecule has 0 atom stereocenters. The third-order valence-electron chi connectivity index (χ3n) is 4.34.